The molecule has 0 bridgehead atoms. The topological polar surface area (TPSA) is 87.7 Å². The van der Waals surface area contributed by atoms with Crippen molar-refractivity contribution in [3.63, 3.8) is 0 Å². The molecule has 0 spiro atoms. The predicted octanol–water partition coefficient (Wildman–Crippen LogP) is 0.0160. The number of hydrogen-bond donors (Lipinski definition) is 3. The number of nitrogens with one attached hydrogen (secondary N) is 2. The molecule has 2 rings (SSSR count). The Morgan fingerprint density at radius 2 is 2.10 bits per heavy atom. The average molecular weight is 314 g/mol. The van der Waals surface area contributed by atoms with Gasteiger partial charge in [0.2, 0.25) is 10.0 Å². The number of sulfonamides is 1. The fourth-order valence-corrected chi connectivity index (χ4v) is 3.28. The number of benzene rings is 1. The molecular formula is C14H22N2O4S. The Bertz CT molecular complexity index is 545. The monoisotopic (exact) mass is 314 g/mol. The molecule has 6 nitrogen and oxygen atoms in total. The van der Waals surface area contributed by atoms with Crippen LogP contribution in [0.25, 0.3) is 0 Å². The van der Waals surface area contributed by atoms with E-state index >= 15 is 0 Å². The van der Waals surface area contributed by atoms with Gasteiger partial charge in [0, 0.05) is 6.54 Å². The van der Waals surface area contributed by atoms with Crippen molar-refractivity contribution < 1.29 is 18.3 Å². The van der Waals surface area contributed by atoms with Gasteiger partial charge in [-0.05, 0) is 32.0 Å². The van der Waals surface area contributed by atoms with Crippen molar-refractivity contribution in [2.45, 2.75) is 25.5 Å². The molecule has 7 heteroatoms. The molecule has 1 fully saturated rings. The van der Waals surface area contributed by atoms with Crippen molar-refractivity contribution in [3.05, 3.63) is 29.8 Å². The second-order valence-electron chi connectivity index (χ2n) is 5.26. The quantitative estimate of drug-likeness (QED) is 0.689. The van der Waals surface area contributed by atoms with E-state index < -0.39 is 22.2 Å². The summed E-state index contributed by atoms with van der Waals surface area (Å²) in [7, 11) is -3.47. The molecule has 1 aliphatic rings. The van der Waals surface area contributed by atoms with Gasteiger partial charge in [-0.25, -0.2) is 13.1 Å². The van der Waals surface area contributed by atoms with E-state index in [-0.39, 0.29) is 12.4 Å². The molecular weight excluding hydrogens is 292 g/mol. The first-order chi connectivity index (χ1) is 9.96. The highest BCUT2D eigenvalue weighted by Crippen LogP contribution is 2.11. The van der Waals surface area contributed by atoms with Crippen LogP contribution in [-0.2, 0) is 10.0 Å². The lowest BCUT2D eigenvalue weighted by Crippen LogP contribution is -2.54. The SMILES string of the molecule is Cc1ccc(OCCS(=O)(=O)N[C@H]2CNCC[C@H]2O)cc1. The molecule has 2 atom stereocenters. The van der Waals surface area contributed by atoms with Crippen molar-refractivity contribution >= 4 is 10.0 Å². The lowest BCUT2D eigenvalue weighted by atomic mass is 10.1. The Morgan fingerprint density at radius 3 is 2.76 bits per heavy atom. The molecule has 1 aliphatic heterocycles. The first-order valence-electron chi connectivity index (χ1n) is 7.04. The lowest BCUT2D eigenvalue weighted by Gasteiger charge is -2.28. The Balaban J connectivity index is 1.79. The van der Waals surface area contributed by atoms with E-state index in [0.717, 1.165) is 5.56 Å². The minimum Gasteiger partial charge on any atom is -0.492 e. The first kappa shape index (κ1) is 16.2. The summed E-state index contributed by atoms with van der Waals surface area (Å²) < 4.78 is 31.9. The van der Waals surface area contributed by atoms with E-state index in [1.165, 1.54) is 0 Å². The number of rotatable bonds is 6. The number of piperidine rings is 1. The van der Waals surface area contributed by atoms with E-state index in [9.17, 15) is 13.5 Å². The fraction of sp³-hybridized carbons (Fsp3) is 0.571. The van der Waals surface area contributed by atoms with Gasteiger partial charge in [0.05, 0.1) is 17.9 Å². The normalized spacial score (nSPS) is 23.0. The van der Waals surface area contributed by atoms with Crippen molar-refractivity contribution in [2.75, 3.05) is 25.4 Å². The van der Waals surface area contributed by atoms with Crippen molar-refractivity contribution in [2.24, 2.45) is 0 Å². The minimum atomic E-state index is -3.47. The van der Waals surface area contributed by atoms with Crippen molar-refractivity contribution in [1.82, 2.24) is 10.0 Å². The van der Waals surface area contributed by atoms with E-state index in [1.54, 1.807) is 0 Å². The molecule has 0 aliphatic carbocycles. The van der Waals surface area contributed by atoms with Gasteiger partial charge in [-0.1, -0.05) is 17.7 Å². The Kier molecular flexibility index (Phi) is 5.58. The molecule has 1 aromatic carbocycles. The fourth-order valence-electron chi connectivity index (χ4n) is 2.16. The van der Waals surface area contributed by atoms with Crippen LogP contribution in [0, 0.1) is 6.92 Å². The highest BCUT2D eigenvalue weighted by atomic mass is 32.2. The summed E-state index contributed by atoms with van der Waals surface area (Å²) in [5, 5.41) is 12.8. The van der Waals surface area contributed by atoms with Crippen LogP contribution in [-0.4, -0.2) is 51.1 Å². The Morgan fingerprint density at radius 1 is 1.38 bits per heavy atom. The largest absolute Gasteiger partial charge is 0.492 e. The van der Waals surface area contributed by atoms with Crippen molar-refractivity contribution in [1.29, 1.82) is 0 Å². The summed E-state index contributed by atoms with van der Waals surface area (Å²) in [4.78, 5) is 0. The first-order valence-corrected chi connectivity index (χ1v) is 8.70. The van der Waals surface area contributed by atoms with Crippen LogP contribution >= 0.6 is 0 Å². The third kappa shape index (κ3) is 5.28. The molecule has 3 N–H and O–H groups in total. The van der Waals surface area contributed by atoms with Gasteiger partial charge in [0.25, 0.3) is 0 Å². The maximum Gasteiger partial charge on any atom is 0.215 e. The zero-order valence-corrected chi connectivity index (χ0v) is 12.9. The van der Waals surface area contributed by atoms with E-state index in [4.69, 9.17) is 4.74 Å². The predicted molar refractivity (Wildman–Crippen MR) is 80.9 cm³/mol. The van der Waals surface area contributed by atoms with Gasteiger partial charge < -0.3 is 15.2 Å². The van der Waals surface area contributed by atoms with Crippen LogP contribution in [0.2, 0.25) is 0 Å². The average Bonchev–Trinajstić information content (AvgIpc) is 2.43. The smallest absolute Gasteiger partial charge is 0.215 e. The summed E-state index contributed by atoms with van der Waals surface area (Å²) in [6.45, 7) is 3.20. The van der Waals surface area contributed by atoms with Crippen LogP contribution in [0.15, 0.2) is 24.3 Å². The number of ether oxygens (including phenoxy) is 1. The summed E-state index contributed by atoms with van der Waals surface area (Å²) >= 11 is 0. The van der Waals surface area contributed by atoms with Crippen LogP contribution < -0.4 is 14.8 Å². The second-order valence-corrected chi connectivity index (χ2v) is 7.14. The van der Waals surface area contributed by atoms with Gasteiger partial charge in [0.15, 0.2) is 0 Å². The molecule has 0 aromatic heterocycles. The zero-order chi connectivity index (χ0) is 15.3. The van der Waals surface area contributed by atoms with Gasteiger partial charge in [-0.3, -0.25) is 0 Å². The number of aliphatic hydroxyl groups excluding tert-OH is 1. The molecule has 21 heavy (non-hydrogen) atoms. The van der Waals surface area contributed by atoms with Gasteiger partial charge in [-0.2, -0.15) is 0 Å². The minimum absolute atomic E-state index is 0.0780. The second kappa shape index (κ2) is 7.22. The Hall–Kier alpha value is -1.15. The van der Waals surface area contributed by atoms with Gasteiger partial charge >= 0.3 is 0 Å². The summed E-state index contributed by atoms with van der Waals surface area (Å²) in [5.74, 6) is 0.513. The van der Waals surface area contributed by atoms with E-state index in [2.05, 4.69) is 10.0 Å². The molecule has 0 amide bonds. The molecule has 1 saturated heterocycles. The third-order valence-corrected chi connectivity index (χ3v) is 4.78. The van der Waals surface area contributed by atoms with Gasteiger partial charge in [-0.15, -0.1) is 0 Å². The molecule has 0 saturated carbocycles. The molecule has 1 aromatic rings. The van der Waals surface area contributed by atoms with Gasteiger partial charge in [0.1, 0.15) is 12.4 Å². The summed E-state index contributed by atoms with van der Waals surface area (Å²) in [6, 6.07) is 6.97. The highest BCUT2D eigenvalue weighted by molar-refractivity contribution is 7.89. The van der Waals surface area contributed by atoms with E-state index in [1.807, 2.05) is 31.2 Å². The molecule has 118 valence electrons. The van der Waals surface area contributed by atoms with E-state index in [0.29, 0.717) is 25.3 Å². The molecule has 1 heterocycles. The maximum atomic E-state index is 12.0. The number of hydrogen-bond acceptors (Lipinski definition) is 5. The number of aryl methyl sites for hydroxylation is 1. The van der Waals surface area contributed by atoms with Crippen LogP contribution in [0.5, 0.6) is 5.75 Å². The third-order valence-electron chi connectivity index (χ3n) is 3.42. The Labute approximate surface area is 125 Å². The molecule has 0 radical (unpaired) electrons. The summed E-state index contributed by atoms with van der Waals surface area (Å²) in [5.41, 5.74) is 1.12. The summed E-state index contributed by atoms with van der Waals surface area (Å²) in [6.07, 6.45) is -0.0911. The molecule has 0 unspecified atom stereocenters. The number of aliphatic hydroxyl groups is 1. The maximum absolute atomic E-state index is 12.0. The standard InChI is InChI=1S/C14H22N2O4S/c1-11-2-4-12(5-3-11)20-8-9-21(18,19)16-13-10-15-7-6-14(13)17/h2-5,13-17H,6-10H2,1H3/t13-,14+/m0/s1. The van der Waals surface area contributed by atoms with Crippen LogP contribution in [0.4, 0.5) is 0 Å². The lowest BCUT2D eigenvalue weighted by molar-refractivity contribution is 0.109. The zero-order valence-electron chi connectivity index (χ0n) is 12.1. The van der Waals surface area contributed by atoms with Crippen LogP contribution in [0.1, 0.15) is 12.0 Å². The van der Waals surface area contributed by atoms with Crippen LogP contribution in [0.3, 0.4) is 0 Å². The highest BCUT2D eigenvalue weighted by Gasteiger charge is 2.26. The van der Waals surface area contributed by atoms with Crippen molar-refractivity contribution in [3.8, 4) is 5.75 Å².